The number of rotatable bonds is 2. The summed E-state index contributed by atoms with van der Waals surface area (Å²) in [5.41, 5.74) is 1.80. The number of halogens is 2. The van der Waals surface area contributed by atoms with E-state index in [1.807, 2.05) is 25.3 Å². The number of amides is 1. The van der Waals surface area contributed by atoms with Gasteiger partial charge in [0.2, 0.25) is 0 Å². The van der Waals surface area contributed by atoms with Crippen LogP contribution in [0.3, 0.4) is 0 Å². The molecular formula is C12H10BrClN2OS. The van der Waals surface area contributed by atoms with Crippen LogP contribution in [0, 0.1) is 13.8 Å². The minimum Gasteiger partial charge on any atom is -0.306 e. The number of hydrogen-bond donors (Lipinski definition) is 1. The zero-order chi connectivity index (χ0) is 13.3. The molecule has 0 atom stereocenters. The Morgan fingerprint density at radius 1 is 1.44 bits per heavy atom. The summed E-state index contributed by atoms with van der Waals surface area (Å²) in [4.78, 5) is 16.7. The molecule has 6 heteroatoms. The van der Waals surface area contributed by atoms with Gasteiger partial charge in [-0.15, -0.1) is 11.3 Å². The highest BCUT2D eigenvalue weighted by molar-refractivity contribution is 9.10. The first-order valence-corrected chi connectivity index (χ1v) is 7.21. The molecule has 0 aliphatic rings. The largest absolute Gasteiger partial charge is 0.306 e. The van der Waals surface area contributed by atoms with Gasteiger partial charge in [0.15, 0.2) is 0 Å². The van der Waals surface area contributed by atoms with Crippen molar-refractivity contribution in [2.24, 2.45) is 0 Å². The molecule has 0 bridgehead atoms. The number of nitrogens with zero attached hydrogens (tertiary/aromatic N) is 1. The van der Waals surface area contributed by atoms with E-state index in [1.54, 1.807) is 6.20 Å². The number of aryl methyl sites for hydroxylation is 2. The van der Waals surface area contributed by atoms with Crippen molar-refractivity contribution in [1.82, 2.24) is 4.98 Å². The second-order valence-corrected chi connectivity index (χ2v) is 6.01. The fraction of sp³-hybridized carbons (Fsp3) is 0.167. The van der Waals surface area contributed by atoms with Crippen LogP contribution in [0.1, 0.15) is 20.8 Å². The van der Waals surface area contributed by atoms with E-state index in [4.69, 9.17) is 11.6 Å². The SMILES string of the molecule is Cc1cc(Br)cnc1NC(=O)c1scc(C)c1Cl. The van der Waals surface area contributed by atoms with Crippen LogP contribution in [-0.2, 0) is 0 Å². The van der Waals surface area contributed by atoms with E-state index in [1.165, 1.54) is 11.3 Å². The molecule has 18 heavy (non-hydrogen) atoms. The van der Waals surface area contributed by atoms with Crippen molar-refractivity contribution in [3.05, 3.63) is 43.1 Å². The third-order valence-corrected chi connectivity index (χ3v) is 4.51. The molecule has 0 spiro atoms. The van der Waals surface area contributed by atoms with E-state index in [0.717, 1.165) is 15.6 Å². The molecule has 0 saturated heterocycles. The van der Waals surface area contributed by atoms with Crippen LogP contribution in [0.4, 0.5) is 5.82 Å². The van der Waals surface area contributed by atoms with Gasteiger partial charge in [0.05, 0.1) is 5.02 Å². The Bertz CT molecular complexity index is 612. The second-order valence-electron chi connectivity index (χ2n) is 3.83. The van der Waals surface area contributed by atoms with Crippen molar-refractivity contribution in [2.45, 2.75) is 13.8 Å². The van der Waals surface area contributed by atoms with Crippen molar-refractivity contribution in [1.29, 1.82) is 0 Å². The molecule has 1 amide bonds. The molecule has 0 aliphatic carbocycles. The van der Waals surface area contributed by atoms with Gasteiger partial charge >= 0.3 is 0 Å². The maximum Gasteiger partial charge on any atom is 0.268 e. The summed E-state index contributed by atoms with van der Waals surface area (Å²) < 4.78 is 0.878. The quantitative estimate of drug-likeness (QED) is 0.875. The first-order chi connectivity index (χ1) is 8.49. The topological polar surface area (TPSA) is 42.0 Å². The van der Waals surface area contributed by atoms with Gasteiger partial charge < -0.3 is 5.32 Å². The Labute approximate surface area is 122 Å². The average molecular weight is 346 g/mol. The number of anilines is 1. The van der Waals surface area contributed by atoms with Crippen molar-refractivity contribution in [2.75, 3.05) is 5.32 Å². The van der Waals surface area contributed by atoms with E-state index < -0.39 is 0 Å². The van der Waals surface area contributed by atoms with Crippen LogP contribution in [0.15, 0.2) is 22.1 Å². The predicted octanol–water partition coefficient (Wildman–Crippen LogP) is 4.43. The van der Waals surface area contributed by atoms with Crippen LogP contribution in [0.25, 0.3) is 0 Å². The van der Waals surface area contributed by atoms with Crippen LogP contribution in [0.5, 0.6) is 0 Å². The van der Waals surface area contributed by atoms with E-state index >= 15 is 0 Å². The molecule has 0 fully saturated rings. The number of pyridine rings is 1. The highest BCUT2D eigenvalue weighted by Crippen LogP contribution is 2.28. The molecule has 2 aromatic rings. The smallest absolute Gasteiger partial charge is 0.268 e. The Morgan fingerprint density at radius 3 is 2.72 bits per heavy atom. The number of carbonyl (C=O) groups is 1. The lowest BCUT2D eigenvalue weighted by Crippen LogP contribution is -2.13. The lowest BCUT2D eigenvalue weighted by Gasteiger charge is -2.06. The van der Waals surface area contributed by atoms with Crippen molar-refractivity contribution >= 4 is 50.6 Å². The van der Waals surface area contributed by atoms with Gasteiger partial charge in [0.25, 0.3) is 5.91 Å². The Kier molecular flexibility index (Phi) is 4.04. The van der Waals surface area contributed by atoms with Crippen molar-refractivity contribution in [3.8, 4) is 0 Å². The third kappa shape index (κ3) is 2.74. The number of carbonyl (C=O) groups excluding carboxylic acids is 1. The lowest BCUT2D eigenvalue weighted by atomic mass is 10.3. The molecule has 1 N–H and O–H groups in total. The number of nitrogens with one attached hydrogen (secondary N) is 1. The molecule has 2 rings (SSSR count). The number of hydrogen-bond acceptors (Lipinski definition) is 3. The minimum atomic E-state index is -0.226. The van der Waals surface area contributed by atoms with Crippen LogP contribution < -0.4 is 5.32 Å². The van der Waals surface area contributed by atoms with Crippen LogP contribution >= 0.6 is 38.9 Å². The molecular weight excluding hydrogens is 336 g/mol. The fourth-order valence-corrected chi connectivity index (χ4v) is 3.04. The summed E-state index contributed by atoms with van der Waals surface area (Å²) in [7, 11) is 0. The first-order valence-electron chi connectivity index (χ1n) is 5.16. The van der Waals surface area contributed by atoms with E-state index in [0.29, 0.717) is 15.7 Å². The van der Waals surface area contributed by atoms with E-state index in [-0.39, 0.29) is 5.91 Å². The van der Waals surface area contributed by atoms with E-state index in [2.05, 4.69) is 26.2 Å². The molecule has 0 aliphatic heterocycles. The summed E-state index contributed by atoms with van der Waals surface area (Å²) in [6, 6.07) is 1.89. The van der Waals surface area contributed by atoms with Crippen LogP contribution in [0.2, 0.25) is 5.02 Å². The average Bonchev–Trinajstić information content (AvgIpc) is 2.64. The highest BCUT2D eigenvalue weighted by atomic mass is 79.9. The Hall–Kier alpha value is -0.910. The molecule has 94 valence electrons. The molecule has 2 aromatic heterocycles. The van der Waals surface area contributed by atoms with Gasteiger partial charge in [-0.2, -0.15) is 0 Å². The molecule has 3 nitrogen and oxygen atoms in total. The van der Waals surface area contributed by atoms with Crippen molar-refractivity contribution < 1.29 is 4.79 Å². The van der Waals surface area contributed by atoms with Gasteiger partial charge in [-0.25, -0.2) is 4.98 Å². The predicted molar refractivity (Wildman–Crippen MR) is 78.7 cm³/mol. The number of thiophene rings is 1. The minimum absolute atomic E-state index is 0.226. The normalized spacial score (nSPS) is 10.4. The fourth-order valence-electron chi connectivity index (χ4n) is 1.42. The highest BCUT2D eigenvalue weighted by Gasteiger charge is 2.15. The molecule has 0 unspecified atom stereocenters. The van der Waals surface area contributed by atoms with Gasteiger partial charge in [-0.3, -0.25) is 4.79 Å². The third-order valence-electron chi connectivity index (χ3n) is 2.38. The molecule has 0 saturated carbocycles. The summed E-state index contributed by atoms with van der Waals surface area (Å²) in [6.07, 6.45) is 1.64. The Balaban J connectivity index is 2.24. The van der Waals surface area contributed by atoms with Gasteiger partial charge in [0, 0.05) is 10.7 Å². The molecule has 0 radical (unpaired) electrons. The van der Waals surface area contributed by atoms with Crippen LogP contribution in [-0.4, -0.2) is 10.9 Å². The summed E-state index contributed by atoms with van der Waals surface area (Å²) in [5, 5.41) is 5.13. The van der Waals surface area contributed by atoms with Crippen molar-refractivity contribution in [3.63, 3.8) is 0 Å². The Morgan fingerprint density at radius 2 is 2.17 bits per heavy atom. The van der Waals surface area contributed by atoms with E-state index in [9.17, 15) is 4.79 Å². The maximum atomic E-state index is 12.0. The summed E-state index contributed by atoms with van der Waals surface area (Å²) >= 11 is 10.7. The first kappa shape index (κ1) is 13.5. The summed E-state index contributed by atoms with van der Waals surface area (Å²) in [5.74, 6) is 0.321. The molecule has 2 heterocycles. The number of aromatic nitrogens is 1. The zero-order valence-electron chi connectivity index (χ0n) is 9.75. The maximum absolute atomic E-state index is 12.0. The lowest BCUT2D eigenvalue weighted by molar-refractivity contribution is 0.103. The van der Waals surface area contributed by atoms with Gasteiger partial charge in [0.1, 0.15) is 10.7 Å². The monoisotopic (exact) mass is 344 g/mol. The summed E-state index contributed by atoms with van der Waals surface area (Å²) in [6.45, 7) is 3.76. The standard InChI is InChI=1S/C12H10BrClN2OS/c1-6-3-8(13)4-15-11(6)16-12(17)10-9(14)7(2)5-18-10/h3-5H,1-2H3,(H,15,16,17). The zero-order valence-corrected chi connectivity index (χ0v) is 12.9. The van der Waals surface area contributed by atoms with Gasteiger partial charge in [-0.1, -0.05) is 11.6 Å². The van der Waals surface area contributed by atoms with Gasteiger partial charge in [-0.05, 0) is 52.4 Å². The molecule has 0 aromatic carbocycles. The second kappa shape index (κ2) is 5.38.